The van der Waals surface area contributed by atoms with Crippen LogP contribution >= 0.6 is 11.3 Å². The number of halogens is 4. The van der Waals surface area contributed by atoms with Gasteiger partial charge in [-0.3, -0.25) is 4.72 Å². The third-order valence-corrected chi connectivity index (χ3v) is 7.86. The maximum atomic E-state index is 15.7. The van der Waals surface area contributed by atoms with Gasteiger partial charge in [0.1, 0.15) is 17.5 Å². The van der Waals surface area contributed by atoms with Crippen LogP contribution in [0.4, 0.5) is 29.2 Å². The Morgan fingerprint density at radius 2 is 1.61 bits per heavy atom. The predicted molar refractivity (Wildman–Crippen MR) is 129 cm³/mol. The lowest BCUT2D eigenvalue weighted by Gasteiger charge is -2.14. The fourth-order valence-corrected chi connectivity index (χ4v) is 5.57. The molecule has 13 heteroatoms. The second-order valence-electron chi connectivity index (χ2n) is 8.69. The van der Waals surface area contributed by atoms with Crippen molar-refractivity contribution in [3.63, 3.8) is 0 Å². The van der Waals surface area contributed by atoms with E-state index in [1.165, 1.54) is 12.3 Å². The van der Waals surface area contributed by atoms with Gasteiger partial charge in [-0.2, -0.15) is 0 Å². The van der Waals surface area contributed by atoms with Crippen LogP contribution < -0.4 is 10.5 Å². The quantitative estimate of drug-likeness (QED) is 0.325. The highest BCUT2D eigenvalue weighted by atomic mass is 32.2. The molecule has 0 radical (unpaired) electrons. The van der Waals surface area contributed by atoms with Crippen LogP contribution in [0.1, 0.15) is 25.8 Å². The normalized spacial score (nSPS) is 12.1. The van der Waals surface area contributed by atoms with Crippen molar-refractivity contribution >= 4 is 33.0 Å². The molecule has 0 aliphatic heterocycles. The molecule has 36 heavy (non-hydrogen) atoms. The van der Waals surface area contributed by atoms with Crippen molar-refractivity contribution in [2.24, 2.45) is 0 Å². The van der Waals surface area contributed by atoms with Gasteiger partial charge in [0.05, 0.1) is 32.5 Å². The summed E-state index contributed by atoms with van der Waals surface area (Å²) in [6, 6.07) is 5.59. The second-order valence-corrected chi connectivity index (χ2v) is 11.3. The van der Waals surface area contributed by atoms with Crippen molar-refractivity contribution in [1.29, 1.82) is 0 Å². The summed E-state index contributed by atoms with van der Waals surface area (Å²) in [7, 11) is -4.91. The van der Waals surface area contributed by atoms with Crippen molar-refractivity contribution in [2.45, 2.75) is 31.1 Å². The molecule has 0 aliphatic rings. The Bertz CT molecular complexity index is 1560. The molecular formula is C23H19F4N5O2S2. The minimum Gasteiger partial charge on any atom is -0.368 e. The lowest BCUT2D eigenvalue weighted by Crippen LogP contribution is -2.17. The lowest BCUT2D eigenvalue weighted by molar-refractivity contribution is 0.520. The summed E-state index contributed by atoms with van der Waals surface area (Å²) in [6.45, 7) is 5.57. The zero-order chi connectivity index (χ0) is 26.4. The maximum absolute atomic E-state index is 15.7. The number of hydrogen-bond donors (Lipinski definition) is 2. The molecule has 0 unspecified atom stereocenters. The zero-order valence-electron chi connectivity index (χ0n) is 19.1. The predicted octanol–water partition coefficient (Wildman–Crippen LogP) is 5.50. The van der Waals surface area contributed by atoms with E-state index in [1.54, 1.807) is 0 Å². The summed E-state index contributed by atoms with van der Waals surface area (Å²) < 4.78 is 86.1. The van der Waals surface area contributed by atoms with Crippen LogP contribution in [0.2, 0.25) is 0 Å². The Hall–Kier alpha value is -3.58. The molecule has 0 bridgehead atoms. The fourth-order valence-electron chi connectivity index (χ4n) is 3.27. The lowest BCUT2D eigenvalue weighted by atomic mass is 9.98. The van der Waals surface area contributed by atoms with Crippen LogP contribution in [0.3, 0.4) is 0 Å². The molecule has 4 aromatic rings. The number of sulfonamides is 1. The van der Waals surface area contributed by atoms with Crippen molar-refractivity contribution < 1.29 is 26.0 Å². The van der Waals surface area contributed by atoms with Gasteiger partial charge >= 0.3 is 0 Å². The van der Waals surface area contributed by atoms with Gasteiger partial charge in [-0.25, -0.2) is 40.9 Å². The Kier molecular flexibility index (Phi) is 6.47. The van der Waals surface area contributed by atoms with Crippen molar-refractivity contribution in [3.8, 4) is 21.8 Å². The van der Waals surface area contributed by atoms with Crippen LogP contribution in [0.25, 0.3) is 21.8 Å². The largest absolute Gasteiger partial charge is 0.368 e. The second kappa shape index (κ2) is 9.13. The number of nitrogens with zero attached hydrogens (tertiary/aromatic N) is 3. The third kappa shape index (κ3) is 4.75. The van der Waals surface area contributed by atoms with E-state index in [0.29, 0.717) is 5.01 Å². The Morgan fingerprint density at radius 3 is 2.22 bits per heavy atom. The molecule has 4 rings (SSSR count). The summed E-state index contributed by atoms with van der Waals surface area (Å²) in [5.74, 6) is -5.18. The van der Waals surface area contributed by atoms with Gasteiger partial charge < -0.3 is 5.73 Å². The van der Waals surface area contributed by atoms with Crippen LogP contribution in [0.15, 0.2) is 47.5 Å². The molecule has 0 aliphatic carbocycles. The molecule has 0 saturated carbocycles. The van der Waals surface area contributed by atoms with E-state index < -0.39 is 54.9 Å². The molecule has 0 spiro atoms. The molecule has 3 N–H and O–H groups in total. The van der Waals surface area contributed by atoms with Crippen LogP contribution in [-0.2, 0) is 15.4 Å². The summed E-state index contributed by atoms with van der Waals surface area (Å²) in [5.41, 5.74) is 3.91. The van der Waals surface area contributed by atoms with Crippen LogP contribution in [-0.4, -0.2) is 23.4 Å². The molecule has 0 saturated heterocycles. The van der Waals surface area contributed by atoms with Gasteiger partial charge in [0.25, 0.3) is 10.0 Å². The van der Waals surface area contributed by atoms with Crippen molar-refractivity contribution in [3.05, 3.63) is 70.9 Å². The molecule has 0 fully saturated rings. The summed E-state index contributed by atoms with van der Waals surface area (Å²) >= 11 is 1.13. The van der Waals surface area contributed by atoms with E-state index in [-0.39, 0.29) is 22.2 Å². The van der Waals surface area contributed by atoms with Crippen LogP contribution in [0.5, 0.6) is 0 Å². The first-order chi connectivity index (χ1) is 16.8. The topological polar surface area (TPSA) is 111 Å². The number of nitrogen functional groups attached to an aromatic ring is 1. The van der Waals surface area contributed by atoms with Gasteiger partial charge in [0.2, 0.25) is 5.95 Å². The van der Waals surface area contributed by atoms with Gasteiger partial charge in [0, 0.05) is 11.6 Å². The Labute approximate surface area is 208 Å². The van der Waals surface area contributed by atoms with Gasteiger partial charge in [-0.15, -0.1) is 11.3 Å². The number of nitrogens with two attached hydrogens (primary N) is 1. The van der Waals surface area contributed by atoms with Gasteiger partial charge in [-0.05, 0) is 30.3 Å². The number of rotatable bonds is 5. The molecule has 2 aromatic heterocycles. The number of hydrogen-bond acceptors (Lipinski definition) is 7. The van der Waals surface area contributed by atoms with E-state index in [1.807, 2.05) is 25.5 Å². The highest BCUT2D eigenvalue weighted by Gasteiger charge is 2.30. The smallest absolute Gasteiger partial charge is 0.267 e. The molecule has 188 valence electrons. The van der Waals surface area contributed by atoms with E-state index in [9.17, 15) is 17.2 Å². The molecular weight excluding hydrogens is 518 g/mol. The number of anilines is 2. The number of aromatic nitrogens is 3. The van der Waals surface area contributed by atoms with E-state index in [4.69, 9.17) is 5.73 Å². The summed E-state index contributed by atoms with van der Waals surface area (Å²) in [6.07, 6.45) is 1.37. The van der Waals surface area contributed by atoms with E-state index in [2.05, 4.69) is 15.0 Å². The molecule has 2 aromatic carbocycles. The monoisotopic (exact) mass is 537 g/mol. The number of nitrogens with one attached hydrogen (secondary N) is 1. The highest BCUT2D eigenvalue weighted by Crippen LogP contribution is 2.43. The zero-order valence-corrected chi connectivity index (χ0v) is 20.7. The van der Waals surface area contributed by atoms with Gasteiger partial charge in [0.15, 0.2) is 10.7 Å². The summed E-state index contributed by atoms with van der Waals surface area (Å²) in [4.78, 5) is 11.4. The first-order valence-electron chi connectivity index (χ1n) is 10.3. The highest BCUT2D eigenvalue weighted by molar-refractivity contribution is 7.92. The first-order valence-corrected chi connectivity index (χ1v) is 12.6. The average Bonchev–Trinajstić information content (AvgIpc) is 3.21. The number of thiazole rings is 1. The SMILES string of the molecule is CC(C)(C)c1nc(-c2c(F)ccc(NS(=O)(=O)c3c(F)cccc3F)c2F)c(-c2ccnc(N)n2)s1. The van der Waals surface area contributed by atoms with Crippen molar-refractivity contribution in [2.75, 3.05) is 10.5 Å². The Balaban J connectivity index is 1.90. The number of benzene rings is 2. The minimum absolute atomic E-state index is 0.0708. The van der Waals surface area contributed by atoms with Crippen LogP contribution in [0, 0.1) is 23.3 Å². The molecule has 0 amide bonds. The molecule has 7 nitrogen and oxygen atoms in total. The summed E-state index contributed by atoms with van der Waals surface area (Å²) in [5, 5.41) is 0.517. The standard InChI is InChI=1S/C23H19F4N5O2S2/c1-23(2,3)21-31-18(19(35-21)15-9-10-29-22(28)30-15)16-11(24)7-8-14(17(16)27)32-36(33,34)20-12(25)5-4-6-13(20)26/h4-10,32H,1-3H3,(H2,28,29,30). The van der Waals surface area contributed by atoms with Crippen molar-refractivity contribution in [1.82, 2.24) is 15.0 Å². The third-order valence-electron chi connectivity index (χ3n) is 4.94. The molecule has 0 atom stereocenters. The molecule has 2 heterocycles. The van der Waals surface area contributed by atoms with E-state index in [0.717, 1.165) is 41.7 Å². The van der Waals surface area contributed by atoms with E-state index >= 15 is 8.78 Å². The Morgan fingerprint density at radius 1 is 0.944 bits per heavy atom. The minimum atomic E-state index is -4.91. The first kappa shape index (κ1) is 25.5. The average molecular weight is 538 g/mol. The maximum Gasteiger partial charge on any atom is 0.267 e. The fraction of sp³-hybridized carbons (Fsp3) is 0.174. The van der Waals surface area contributed by atoms with Gasteiger partial charge in [-0.1, -0.05) is 26.8 Å².